The second-order valence-electron chi connectivity index (χ2n) is 5.46. The van der Waals surface area contributed by atoms with E-state index in [1.807, 2.05) is 12.2 Å². The summed E-state index contributed by atoms with van der Waals surface area (Å²) in [6.45, 7) is 0. The second kappa shape index (κ2) is 3.53. The van der Waals surface area contributed by atoms with Gasteiger partial charge in [0.25, 0.3) is 0 Å². The van der Waals surface area contributed by atoms with E-state index in [1.54, 1.807) is 12.1 Å². The number of fused-ring (bicyclic) bond motifs is 5. The molecule has 4 heteroatoms. The summed E-state index contributed by atoms with van der Waals surface area (Å²) in [7, 11) is 0. The fraction of sp³-hybridized carbons (Fsp3) is 0.333. The molecule has 2 aliphatic carbocycles. The molecule has 1 heterocycles. The van der Waals surface area contributed by atoms with E-state index in [1.165, 1.54) is 12.1 Å². The minimum atomic E-state index is -0.524. The molecule has 4 atom stereocenters. The van der Waals surface area contributed by atoms with Crippen molar-refractivity contribution in [2.24, 2.45) is 23.7 Å². The molecule has 2 unspecified atom stereocenters. The van der Waals surface area contributed by atoms with Gasteiger partial charge in [0.2, 0.25) is 11.8 Å². The first-order valence-electron chi connectivity index (χ1n) is 6.49. The number of nitrogens with zero attached hydrogens (tertiary/aromatic N) is 1. The maximum absolute atomic E-state index is 13.8. The van der Waals surface area contributed by atoms with Gasteiger partial charge in [-0.3, -0.25) is 9.59 Å². The van der Waals surface area contributed by atoms with Gasteiger partial charge in [0, 0.05) is 0 Å². The summed E-state index contributed by atoms with van der Waals surface area (Å²) in [6.07, 6.45) is 4.95. The molecule has 4 rings (SSSR count). The van der Waals surface area contributed by atoms with E-state index in [-0.39, 0.29) is 41.2 Å². The van der Waals surface area contributed by atoms with Crippen LogP contribution in [0.4, 0.5) is 10.1 Å². The number of rotatable bonds is 1. The van der Waals surface area contributed by atoms with Gasteiger partial charge in [-0.1, -0.05) is 24.3 Å². The zero-order valence-electron chi connectivity index (χ0n) is 10.1. The number of benzene rings is 1. The summed E-state index contributed by atoms with van der Waals surface area (Å²) in [5.41, 5.74) is 0.0892. The zero-order valence-corrected chi connectivity index (χ0v) is 10.1. The first-order chi connectivity index (χ1) is 9.18. The Morgan fingerprint density at radius 3 is 2.16 bits per heavy atom. The van der Waals surface area contributed by atoms with E-state index in [9.17, 15) is 14.0 Å². The van der Waals surface area contributed by atoms with Gasteiger partial charge >= 0.3 is 0 Å². The first-order valence-corrected chi connectivity index (χ1v) is 6.49. The Labute approximate surface area is 109 Å². The summed E-state index contributed by atoms with van der Waals surface area (Å²) >= 11 is 0. The lowest BCUT2D eigenvalue weighted by molar-refractivity contribution is -0.123. The van der Waals surface area contributed by atoms with Crippen LogP contribution in [0.2, 0.25) is 0 Å². The average molecular weight is 257 g/mol. The first kappa shape index (κ1) is 10.9. The molecule has 1 aromatic rings. The highest BCUT2D eigenvalue weighted by Gasteiger charge is 2.59. The molecule has 2 amide bonds. The Kier molecular flexibility index (Phi) is 2.03. The van der Waals surface area contributed by atoms with Crippen molar-refractivity contribution in [3.8, 4) is 0 Å². The van der Waals surface area contributed by atoms with Crippen molar-refractivity contribution in [1.82, 2.24) is 0 Å². The monoisotopic (exact) mass is 257 g/mol. The molecule has 1 saturated heterocycles. The minimum Gasteiger partial charge on any atom is -0.274 e. The number of imide groups is 1. The van der Waals surface area contributed by atoms with E-state index in [2.05, 4.69) is 0 Å². The Morgan fingerprint density at radius 2 is 1.58 bits per heavy atom. The summed E-state index contributed by atoms with van der Waals surface area (Å²) in [4.78, 5) is 25.9. The van der Waals surface area contributed by atoms with Gasteiger partial charge < -0.3 is 0 Å². The van der Waals surface area contributed by atoms with Gasteiger partial charge in [-0.05, 0) is 30.4 Å². The van der Waals surface area contributed by atoms with Gasteiger partial charge in [0.05, 0.1) is 17.5 Å². The van der Waals surface area contributed by atoms with Crippen LogP contribution >= 0.6 is 0 Å². The number of hydrogen-bond donors (Lipinski definition) is 0. The quantitative estimate of drug-likeness (QED) is 0.571. The van der Waals surface area contributed by atoms with Crippen LogP contribution in [0.25, 0.3) is 0 Å². The van der Waals surface area contributed by atoms with Gasteiger partial charge in [-0.2, -0.15) is 0 Å². The van der Waals surface area contributed by atoms with Gasteiger partial charge in [-0.25, -0.2) is 9.29 Å². The molecule has 1 aromatic carbocycles. The predicted octanol–water partition coefficient (Wildman–Crippen LogP) is 2.14. The topological polar surface area (TPSA) is 37.4 Å². The number of halogens is 1. The van der Waals surface area contributed by atoms with Crippen molar-refractivity contribution in [2.75, 3.05) is 4.90 Å². The molecule has 19 heavy (non-hydrogen) atoms. The average Bonchev–Trinajstić information content (AvgIpc) is 3.06. The lowest BCUT2D eigenvalue weighted by Crippen LogP contribution is -2.33. The van der Waals surface area contributed by atoms with Gasteiger partial charge in [-0.15, -0.1) is 0 Å². The van der Waals surface area contributed by atoms with Crippen LogP contribution in [0, 0.1) is 29.5 Å². The molecular formula is C15H12FNO2. The van der Waals surface area contributed by atoms with Crippen LogP contribution in [-0.4, -0.2) is 11.8 Å². The number of anilines is 1. The summed E-state index contributed by atoms with van der Waals surface area (Å²) in [5.74, 6) is -1.24. The van der Waals surface area contributed by atoms with Crippen LogP contribution in [0.1, 0.15) is 6.42 Å². The van der Waals surface area contributed by atoms with Crippen LogP contribution in [-0.2, 0) is 9.59 Å². The molecule has 1 saturated carbocycles. The molecule has 96 valence electrons. The van der Waals surface area contributed by atoms with Gasteiger partial charge in [0.1, 0.15) is 5.82 Å². The van der Waals surface area contributed by atoms with E-state index in [0.717, 1.165) is 11.3 Å². The molecule has 0 radical (unpaired) electrons. The summed E-state index contributed by atoms with van der Waals surface area (Å²) in [6, 6.07) is 5.95. The molecule has 0 spiro atoms. The number of amides is 2. The minimum absolute atomic E-state index is 0.0892. The zero-order chi connectivity index (χ0) is 13.1. The standard InChI is InChI=1S/C15H12FNO2/c16-10-3-1-2-4-11(10)17-14(18)12-8-5-6-9(7-8)13(12)15(17)19/h1-6,8-9,12-13H,7H2/t8-,9+,12?,13?. The SMILES string of the molecule is O=C1C2C(C(=O)N1c1ccccc1F)[C@H]1C=C[C@@H]2C1. The molecule has 3 nitrogen and oxygen atoms in total. The smallest absolute Gasteiger partial charge is 0.238 e. The molecule has 3 aliphatic rings. The molecular weight excluding hydrogens is 245 g/mol. The Bertz CT molecular complexity index is 594. The van der Waals surface area contributed by atoms with Crippen LogP contribution in [0.3, 0.4) is 0 Å². The van der Waals surface area contributed by atoms with Gasteiger partial charge in [0.15, 0.2) is 0 Å². The molecule has 0 N–H and O–H groups in total. The van der Waals surface area contributed by atoms with E-state index in [4.69, 9.17) is 0 Å². The Hall–Kier alpha value is -1.97. The third-order valence-corrected chi connectivity index (χ3v) is 4.56. The lowest BCUT2D eigenvalue weighted by atomic mass is 9.85. The normalized spacial score (nSPS) is 35.3. The summed E-state index contributed by atoms with van der Waals surface area (Å²) in [5, 5.41) is 0. The van der Waals surface area contributed by atoms with Crippen LogP contribution in [0.15, 0.2) is 36.4 Å². The van der Waals surface area contributed by atoms with E-state index >= 15 is 0 Å². The molecule has 1 aliphatic heterocycles. The Balaban J connectivity index is 1.79. The largest absolute Gasteiger partial charge is 0.274 e. The number of carbonyl (C=O) groups excluding carboxylic acids is 2. The Morgan fingerprint density at radius 1 is 1.00 bits per heavy atom. The maximum Gasteiger partial charge on any atom is 0.238 e. The maximum atomic E-state index is 13.8. The van der Waals surface area contributed by atoms with Crippen molar-refractivity contribution in [3.63, 3.8) is 0 Å². The van der Waals surface area contributed by atoms with Crippen LogP contribution < -0.4 is 4.90 Å². The lowest BCUT2D eigenvalue weighted by Gasteiger charge is -2.17. The van der Waals surface area contributed by atoms with Crippen molar-refractivity contribution in [2.45, 2.75) is 6.42 Å². The van der Waals surface area contributed by atoms with Crippen molar-refractivity contribution in [3.05, 3.63) is 42.2 Å². The van der Waals surface area contributed by atoms with Crippen molar-refractivity contribution >= 4 is 17.5 Å². The predicted molar refractivity (Wildman–Crippen MR) is 66.6 cm³/mol. The number of allylic oxidation sites excluding steroid dienone is 2. The molecule has 0 aromatic heterocycles. The third-order valence-electron chi connectivity index (χ3n) is 4.56. The van der Waals surface area contributed by atoms with Crippen LogP contribution in [0.5, 0.6) is 0 Å². The highest BCUT2D eigenvalue weighted by atomic mass is 19.1. The number of para-hydroxylation sites is 1. The fourth-order valence-corrected chi connectivity index (χ4v) is 3.77. The highest BCUT2D eigenvalue weighted by molar-refractivity contribution is 6.22. The number of carbonyl (C=O) groups is 2. The summed E-state index contributed by atoms with van der Waals surface area (Å²) < 4.78 is 13.8. The molecule has 2 fully saturated rings. The van der Waals surface area contributed by atoms with E-state index < -0.39 is 5.82 Å². The third kappa shape index (κ3) is 1.26. The highest BCUT2D eigenvalue weighted by Crippen LogP contribution is 2.53. The van der Waals surface area contributed by atoms with E-state index in [0.29, 0.717) is 0 Å². The fourth-order valence-electron chi connectivity index (χ4n) is 3.77. The second-order valence-corrected chi connectivity index (χ2v) is 5.46. The number of hydrogen-bond acceptors (Lipinski definition) is 2. The molecule has 2 bridgehead atoms. The van der Waals surface area contributed by atoms with Crippen molar-refractivity contribution < 1.29 is 14.0 Å². The van der Waals surface area contributed by atoms with Crippen molar-refractivity contribution in [1.29, 1.82) is 0 Å².